The van der Waals surface area contributed by atoms with Crippen LogP contribution in [-0.2, 0) is 34.1 Å². The molecule has 0 aromatic heterocycles. The third kappa shape index (κ3) is 18.2. The molecule has 4 aromatic carbocycles. The summed E-state index contributed by atoms with van der Waals surface area (Å²) in [6, 6.07) is 21.6. The third-order valence-corrected chi connectivity index (χ3v) is 6.37. The number of terminal acetylenes is 1. The summed E-state index contributed by atoms with van der Waals surface area (Å²) in [5.41, 5.74) is 7.14. The second kappa shape index (κ2) is 26.2. The molecule has 6 N–H and O–H groups in total. The summed E-state index contributed by atoms with van der Waals surface area (Å²) in [6.45, 7) is 11.6. The molecule has 0 unspecified atom stereocenters. The van der Waals surface area contributed by atoms with E-state index in [1.54, 1.807) is 56.0 Å². The first-order chi connectivity index (χ1) is 22.5. The molecule has 0 aliphatic heterocycles. The first-order valence-corrected chi connectivity index (χ1v) is 15.1. The average molecular weight is 763 g/mol. The van der Waals surface area contributed by atoms with Gasteiger partial charge in [-0.3, -0.25) is 20.0 Å². The number of aryl methyl sites for hydroxylation is 4. The zero-order valence-corrected chi connectivity index (χ0v) is 31.1. The van der Waals surface area contributed by atoms with Crippen molar-refractivity contribution in [1.82, 2.24) is 0 Å². The van der Waals surface area contributed by atoms with Crippen molar-refractivity contribution < 1.29 is 60.0 Å². The molecule has 4 rings (SSSR count). The molecule has 0 radical (unpaired) electrons. The van der Waals surface area contributed by atoms with Gasteiger partial charge in [-0.2, -0.15) is 0 Å². The Labute approximate surface area is 317 Å². The van der Waals surface area contributed by atoms with Crippen molar-refractivity contribution in [2.75, 3.05) is 26.2 Å². The predicted octanol–water partition coefficient (Wildman–Crippen LogP) is 6.32. The summed E-state index contributed by atoms with van der Waals surface area (Å²) in [7, 11) is 0. The summed E-state index contributed by atoms with van der Waals surface area (Å²) in [6.07, 6.45) is 11.2. The number of hydrogen-bond acceptors (Lipinski definition) is 8. The Morgan fingerprint density at radius 3 is 0.840 bits per heavy atom. The Hall–Kier alpha value is -4.68. The number of aromatic hydroxyl groups is 4. The van der Waals surface area contributed by atoms with Gasteiger partial charge in [-0.25, -0.2) is 0 Å². The van der Waals surface area contributed by atoms with Crippen LogP contribution in [0.1, 0.15) is 51.4 Å². The normalized spacial score (nSPS) is 10.3. The second-order valence-corrected chi connectivity index (χ2v) is 10.7. The summed E-state index contributed by atoms with van der Waals surface area (Å²) in [5.74, 6) is 3.15. The topological polar surface area (TPSA) is 162 Å². The van der Waals surface area contributed by atoms with Crippen molar-refractivity contribution in [3.8, 4) is 35.3 Å². The van der Waals surface area contributed by atoms with Gasteiger partial charge in [-0.1, -0.05) is 46.5 Å². The summed E-state index contributed by atoms with van der Waals surface area (Å²) in [5, 5.41) is 38.8. The van der Waals surface area contributed by atoms with Crippen LogP contribution in [0.2, 0.25) is 0 Å². The van der Waals surface area contributed by atoms with Gasteiger partial charge in [0.1, 0.15) is 23.0 Å². The maximum atomic E-state index is 9.69. The minimum Gasteiger partial charge on any atom is -0.507 e. The molecule has 0 amide bonds. The van der Waals surface area contributed by atoms with Gasteiger partial charge in [0.25, 0.3) is 0 Å². The Morgan fingerprint density at radius 2 is 0.660 bits per heavy atom. The Kier molecular flexibility index (Phi) is 24.9. The fraction of sp³-hybridized carbons (Fsp3) is 0.231. The van der Waals surface area contributed by atoms with Crippen LogP contribution in [0.5, 0.6) is 23.0 Å². The SMILES string of the molecule is C#CC.Cc1ccc(O)c(C=NCCN=Cc2cc(C)ccc2O)c1.Cc1ccc(O)c(C=NCCN=Cc2cc(C)ccc2O)c1.O.[Fe].[Fe]. The van der Waals surface area contributed by atoms with E-state index in [4.69, 9.17) is 0 Å². The molecule has 0 saturated carbocycles. The van der Waals surface area contributed by atoms with Gasteiger partial charge in [0.15, 0.2) is 0 Å². The van der Waals surface area contributed by atoms with Crippen molar-refractivity contribution >= 4 is 24.9 Å². The fourth-order valence-electron chi connectivity index (χ4n) is 3.99. The van der Waals surface area contributed by atoms with Crippen LogP contribution >= 0.6 is 0 Å². The van der Waals surface area contributed by atoms with E-state index in [1.807, 2.05) is 76.2 Å². The molecule has 11 heteroatoms. The molecule has 0 aliphatic carbocycles. The van der Waals surface area contributed by atoms with Crippen molar-refractivity contribution in [3.05, 3.63) is 117 Å². The fourth-order valence-corrected chi connectivity index (χ4v) is 3.99. The largest absolute Gasteiger partial charge is 0.507 e. The first kappa shape index (κ1) is 47.4. The van der Waals surface area contributed by atoms with E-state index in [9.17, 15) is 20.4 Å². The van der Waals surface area contributed by atoms with Gasteiger partial charge >= 0.3 is 0 Å². The summed E-state index contributed by atoms with van der Waals surface area (Å²) in [4.78, 5) is 17.0. The molecule has 0 spiro atoms. The van der Waals surface area contributed by atoms with Crippen molar-refractivity contribution in [2.24, 2.45) is 20.0 Å². The molecular weight excluding hydrogens is 716 g/mol. The summed E-state index contributed by atoms with van der Waals surface area (Å²) >= 11 is 0. The van der Waals surface area contributed by atoms with E-state index < -0.39 is 0 Å². The molecule has 50 heavy (non-hydrogen) atoms. The second-order valence-electron chi connectivity index (χ2n) is 10.7. The number of benzene rings is 4. The summed E-state index contributed by atoms with van der Waals surface area (Å²) < 4.78 is 0. The standard InChI is InChI=1S/2C18H20N2O2.C3H4.2Fe.H2O/c2*1-13-3-5-17(21)15(9-13)11-19-7-8-20-12-16-10-14(2)4-6-18(16)22;1-3-2;;;/h2*3-6,9-12,21-22H,7-8H2,1-2H3;1H,2H3;;;1H2. The number of hydrogen-bond donors (Lipinski definition) is 4. The molecule has 4 aromatic rings. The van der Waals surface area contributed by atoms with E-state index in [0.717, 1.165) is 22.3 Å². The quantitative estimate of drug-likeness (QED) is 0.0645. The number of phenolic OH excluding ortho intramolecular Hbond substituents is 4. The van der Waals surface area contributed by atoms with Crippen LogP contribution in [-0.4, -0.2) is 76.9 Å². The predicted molar refractivity (Wildman–Crippen MR) is 199 cm³/mol. The van der Waals surface area contributed by atoms with Crippen molar-refractivity contribution in [3.63, 3.8) is 0 Å². The van der Waals surface area contributed by atoms with Crippen molar-refractivity contribution in [2.45, 2.75) is 34.6 Å². The van der Waals surface area contributed by atoms with Crippen LogP contribution < -0.4 is 0 Å². The van der Waals surface area contributed by atoms with E-state index in [-0.39, 0.29) is 62.6 Å². The Morgan fingerprint density at radius 1 is 0.480 bits per heavy atom. The molecule has 0 saturated heterocycles. The molecular formula is C39H46Fe2N4O5. The van der Waals surface area contributed by atoms with E-state index in [1.165, 1.54) is 0 Å². The van der Waals surface area contributed by atoms with Crippen LogP contribution in [0, 0.1) is 40.0 Å². The van der Waals surface area contributed by atoms with Gasteiger partial charge in [-0.15, -0.1) is 12.3 Å². The minimum atomic E-state index is 0. The maximum Gasteiger partial charge on any atom is 0.124 e. The van der Waals surface area contributed by atoms with Gasteiger partial charge < -0.3 is 25.9 Å². The van der Waals surface area contributed by atoms with Crippen molar-refractivity contribution in [1.29, 1.82) is 0 Å². The monoisotopic (exact) mass is 762 g/mol. The van der Waals surface area contributed by atoms with E-state index in [2.05, 4.69) is 32.3 Å². The van der Waals surface area contributed by atoms with Gasteiger partial charge in [0.2, 0.25) is 0 Å². The molecule has 0 atom stereocenters. The third-order valence-electron chi connectivity index (χ3n) is 6.37. The zero-order chi connectivity index (χ0) is 34.6. The zero-order valence-electron chi connectivity index (χ0n) is 28.9. The van der Waals surface area contributed by atoms with Crippen LogP contribution in [0.15, 0.2) is 92.8 Å². The smallest absolute Gasteiger partial charge is 0.124 e. The molecule has 268 valence electrons. The molecule has 0 aliphatic rings. The minimum absolute atomic E-state index is 0. The maximum absolute atomic E-state index is 9.69. The Balaban J connectivity index is 0. The van der Waals surface area contributed by atoms with Crippen LogP contribution in [0.25, 0.3) is 0 Å². The number of rotatable bonds is 10. The molecule has 9 nitrogen and oxygen atoms in total. The van der Waals surface area contributed by atoms with E-state index in [0.29, 0.717) is 48.4 Å². The Bertz CT molecular complexity index is 1520. The number of nitrogens with zero attached hydrogens (tertiary/aromatic N) is 4. The number of aliphatic imine (C=N–C) groups is 4. The van der Waals surface area contributed by atoms with Gasteiger partial charge in [-0.05, 0) is 83.1 Å². The molecule has 0 bridgehead atoms. The van der Waals surface area contributed by atoms with Gasteiger partial charge in [0.05, 0.1) is 26.2 Å². The molecule has 0 heterocycles. The average Bonchev–Trinajstić information content (AvgIpc) is 3.03. The molecule has 0 fully saturated rings. The van der Waals surface area contributed by atoms with Crippen LogP contribution in [0.3, 0.4) is 0 Å². The van der Waals surface area contributed by atoms with Gasteiger partial charge in [0, 0.05) is 81.2 Å². The number of phenols is 4. The first-order valence-electron chi connectivity index (χ1n) is 15.1. The van der Waals surface area contributed by atoms with Crippen LogP contribution in [0.4, 0.5) is 0 Å². The van der Waals surface area contributed by atoms with E-state index >= 15 is 0 Å².